The zero-order valence-corrected chi connectivity index (χ0v) is 18.2. The third kappa shape index (κ3) is 4.66. The zero-order chi connectivity index (χ0) is 21.6. The van der Waals surface area contributed by atoms with Gasteiger partial charge in [-0.1, -0.05) is 36.4 Å². The van der Waals surface area contributed by atoms with E-state index >= 15 is 0 Å². The van der Waals surface area contributed by atoms with E-state index in [-0.39, 0.29) is 0 Å². The van der Waals surface area contributed by atoms with Crippen LogP contribution in [0.1, 0.15) is 22.3 Å². The first-order valence-corrected chi connectivity index (χ1v) is 10.3. The summed E-state index contributed by atoms with van der Waals surface area (Å²) < 4.78 is 22.5. The van der Waals surface area contributed by atoms with Gasteiger partial charge in [-0.05, 0) is 47.4 Å². The summed E-state index contributed by atoms with van der Waals surface area (Å²) in [4.78, 5) is 4.80. The molecule has 0 bridgehead atoms. The number of methoxy groups -OCH3 is 3. The van der Waals surface area contributed by atoms with Gasteiger partial charge in [-0.2, -0.15) is 0 Å². The fourth-order valence-electron chi connectivity index (χ4n) is 3.81. The van der Waals surface area contributed by atoms with Gasteiger partial charge in [0.25, 0.3) is 0 Å². The minimum atomic E-state index is 0.498. The molecule has 0 atom stereocenters. The van der Waals surface area contributed by atoms with E-state index in [0.29, 0.717) is 13.0 Å². The van der Waals surface area contributed by atoms with E-state index in [0.717, 1.165) is 58.4 Å². The second kappa shape index (κ2) is 9.56. The molecule has 0 amide bonds. The van der Waals surface area contributed by atoms with E-state index in [4.69, 9.17) is 23.9 Å². The Bertz CT molecular complexity index is 1080. The van der Waals surface area contributed by atoms with Gasteiger partial charge in [-0.25, -0.2) is 0 Å². The van der Waals surface area contributed by atoms with Crippen molar-refractivity contribution in [1.29, 1.82) is 0 Å². The molecule has 5 nitrogen and oxygen atoms in total. The van der Waals surface area contributed by atoms with E-state index in [2.05, 4.69) is 12.1 Å². The quantitative estimate of drug-likeness (QED) is 0.524. The number of fused-ring (bicyclic) bond motifs is 1. The lowest BCUT2D eigenvalue weighted by molar-refractivity contribution is 0.284. The molecule has 0 saturated carbocycles. The largest absolute Gasteiger partial charge is 0.493 e. The summed E-state index contributed by atoms with van der Waals surface area (Å²) >= 11 is 0. The number of rotatable bonds is 8. The third-order valence-electron chi connectivity index (χ3n) is 5.44. The van der Waals surface area contributed by atoms with Gasteiger partial charge < -0.3 is 18.9 Å². The maximum absolute atomic E-state index is 5.99. The average molecular weight is 418 g/mol. The van der Waals surface area contributed by atoms with Crippen molar-refractivity contribution in [3.05, 3.63) is 82.9 Å². The van der Waals surface area contributed by atoms with Gasteiger partial charge in [0, 0.05) is 24.2 Å². The van der Waals surface area contributed by atoms with Crippen LogP contribution in [0.25, 0.3) is 0 Å². The number of ether oxygens (including phenoxy) is 4. The van der Waals surface area contributed by atoms with E-state index in [1.54, 1.807) is 21.3 Å². The molecule has 4 rings (SSSR count). The summed E-state index contributed by atoms with van der Waals surface area (Å²) in [5, 5.41) is 0. The van der Waals surface area contributed by atoms with E-state index in [1.807, 2.05) is 48.5 Å². The summed E-state index contributed by atoms with van der Waals surface area (Å²) in [6, 6.07) is 20.2. The second-order valence-electron chi connectivity index (χ2n) is 7.38. The van der Waals surface area contributed by atoms with Crippen LogP contribution in [-0.2, 0) is 19.4 Å². The lowest BCUT2D eigenvalue weighted by atomic mass is 9.93. The van der Waals surface area contributed by atoms with Crippen LogP contribution in [0.4, 0.5) is 0 Å². The minimum Gasteiger partial charge on any atom is -0.493 e. The Morgan fingerprint density at radius 3 is 2.19 bits per heavy atom. The van der Waals surface area contributed by atoms with Gasteiger partial charge in [0.1, 0.15) is 6.61 Å². The molecule has 0 aliphatic carbocycles. The average Bonchev–Trinajstić information content (AvgIpc) is 2.83. The molecule has 1 aliphatic rings. The highest BCUT2D eigenvalue weighted by Crippen LogP contribution is 2.34. The summed E-state index contributed by atoms with van der Waals surface area (Å²) in [5.41, 5.74) is 5.63. The van der Waals surface area contributed by atoms with Crippen LogP contribution in [0.2, 0.25) is 0 Å². The van der Waals surface area contributed by atoms with Gasteiger partial charge in [0.05, 0.1) is 21.3 Å². The molecule has 0 spiro atoms. The number of aliphatic imine (C=N–C) groups is 1. The molecule has 0 radical (unpaired) electrons. The van der Waals surface area contributed by atoms with Gasteiger partial charge in [-0.15, -0.1) is 0 Å². The van der Waals surface area contributed by atoms with Gasteiger partial charge in [-0.3, -0.25) is 4.99 Å². The normalized spacial score (nSPS) is 12.5. The molecule has 5 heteroatoms. The van der Waals surface area contributed by atoms with Crippen molar-refractivity contribution >= 4 is 5.71 Å². The van der Waals surface area contributed by atoms with Crippen molar-refractivity contribution < 1.29 is 18.9 Å². The van der Waals surface area contributed by atoms with Crippen molar-refractivity contribution in [2.75, 3.05) is 27.9 Å². The summed E-state index contributed by atoms with van der Waals surface area (Å²) in [6.45, 7) is 1.27. The Labute approximate surface area is 183 Å². The van der Waals surface area contributed by atoms with Crippen molar-refractivity contribution in [2.45, 2.75) is 19.4 Å². The summed E-state index contributed by atoms with van der Waals surface area (Å²) in [5.74, 6) is 2.92. The number of nitrogens with zero attached hydrogens (tertiary/aromatic N) is 1. The molecule has 31 heavy (non-hydrogen) atoms. The highest BCUT2D eigenvalue weighted by Gasteiger charge is 2.19. The molecule has 1 heterocycles. The van der Waals surface area contributed by atoms with Crippen LogP contribution in [0.5, 0.6) is 23.0 Å². The lowest BCUT2D eigenvalue weighted by Gasteiger charge is -2.20. The predicted octanol–water partition coefficient (Wildman–Crippen LogP) is 4.88. The molecule has 0 unspecified atom stereocenters. The van der Waals surface area contributed by atoms with Crippen molar-refractivity contribution in [1.82, 2.24) is 0 Å². The number of hydrogen-bond acceptors (Lipinski definition) is 5. The standard InChI is InChI=1S/C26H27NO4/c1-28-24-14-19(9-10-23(24)31-17-18-7-5-4-6-8-18)13-22-21-16-26(30-3)25(29-2)15-20(21)11-12-27-22/h4-10,14-16H,11-13,17H2,1-3H3. The molecule has 3 aromatic rings. The van der Waals surface area contributed by atoms with Crippen LogP contribution in [0.15, 0.2) is 65.7 Å². The maximum atomic E-state index is 5.99. The lowest BCUT2D eigenvalue weighted by Crippen LogP contribution is -2.16. The first-order valence-electron chi connectivity index (χ1n) is 10.3. The molecule has 0 aromatic heterocycles. The predicted molar refractivity (Wildman–Crippen MR) is 122 cm³/mol. The highest BCUT2D eigenvalue weighted by molar-refractivity contribution is 6.04. The van der Waals surface area contributed by atoms with Crippen molar-refractivity contribution in [3.63, 3.8) is 0 Å². The summed E-state index contributed by atoms with van der Waals surface area (Å²) in [6.07, 6.45) is 1.60. The van der Waals surface area contributed by atoms with Crippen molar-refractivity contribution in [2.24, 2.45) is 4.99 Å². The smallest absolute Gasteiger partial charge is 0.161 e. The highest BCUT2D eigenvalue weighted by atomic mass is 16.5. The first kappa shape index (κ1) is 20.8. The Hall–Kier alpha value is -3.47. The first-order chi connectivity index (χ1) is 15.2. The second-order valence-corrected chi connectivity index (χ2v) is 7.38. The molecular weight excluding hydrogens is 390 g/mol. The Balaban J connectivity index is 1.54. The molecule has 0 saturated heterocycles. The Morgan fingerprint density at radius 2 is 1.45 bits per heavy atom. The van der Waals surface area contributed by atoms with E-state index < -0.39 is 0 Å². The van der Waals surface area contributed by atoms with Crippen LogP contribution in [-0.4, -0.2) is 33.6 Å². The minimum absolute atomic E-state index is 0.498. The van der Waals surface area contributed by atoms with Crippen LogP contribution in [0.3, 0.4) is 0 Å². The maximum Gasteiger partial charge on any atom is 0.161 e. The molecular formula is C26H27NO4. The number of benzene rings is 3. The molecule has 160 valence electrons. The molecule has 0 N–H and O–H groups in total. The van der Waals surface area contributed by atoms with E-state index in [1.165, 1.54) is 5.56 Å². The van der Waals surface area contributed by atoms with Crippen molar-refractivity contribution in [3.8, 4) is 23.0 Å². The Kier molecular flexibility index (Phi) is 6.41. The van der Waals surface area contributed by atoms with E-state index in [9.17, 15) is 0 Å². The monoisotopic (exact) mass is 417 g/mol. The third-order valence-corrected chi connectivity index (χ3v) is 5.44. The van der Waals surface area contributed by atoms with Crippen LogP contribution >= 0.6 is 0 Å². The fourth-order valence-corrected chi connectivity index (χ4v) is 3.81. The summed E-state index contributed by atoms with van der Waals surface area (Å²) in [7, 11) is 4.98. The molecule has 0 fully saturated rings. The topological polar surface area (TPSA) is 49.3 Å². The molecule has 3 aromatic carbocycles. The SMILES string of the molecule is COc1cc2c(cc1OC)C(Cc1ccc(OCc3ccccc3)c(OC)c1)=NCC2. The molecule has 1 aliphatic heterocycles. The van der Waals surface area contributed by atoms with Crippen LogP contribution in [0, 0.1) is 0 Å². The zero-order valence-electron chi connectivity index (χ0n) is 18.2. The van der Waals surface area contributed by atoms with Gasteiger partial charge in [0.15, 0.2) is 23.0 Å². The van der Waals surface area contributed by atoms with Gasteiger partial charge in [0.2, 0.25) is 0 Å². The fraction of sp³-hybridized carbons (Fsp3) is 0.269. The Morgan fingerprint density at radius 1 is 0.742 bits per heavy atom. The number of hydrogen-bond donors (Lipinski definition) is 0. The van der Waals surface area contributed by atoms with Gasteiger partial charge >= 0.3 is 0 Å². The van der Waals surface area contributed by atoms with Crippen LogP contribution < -0.4 is 18.9 Å².